The van der Waals surface area contributed by atoms with Crippen molar-refractivity contribution in [1.29, 1.82) is 0 Å². The molecule has 3 heteroatoms. The van der Waals surface area contributed by atoms with Crippen LogP contribution in [0.15, 0.2) is 24.3 Å². The number of rotatable bonds is 7. The van der Waals surface area contributed by atoms with E-state index in [4.69, 9.17) is 9.47 Å². The Morgan fingerprint density at radius 2 is 1.74 bits per heavy atom. The van der Waals surface area contributed by atoms with Crippen LogP contribution in [0.4, 0.5) is 0 Å². The van der Waals surface area contributed by atoms with E-state index in [2.05, 4.69) is 12.2 Å². The largest absolute Gasteiger partial charge is 0.494 e. The van der Waals surface area contributed by atoms with E-state index < -0.39 is 0 Å². The molecule has 0 unspecified atom stereocenters. The van der Waals surface area contributed by atoms with E-state index in [1.165, 1.54) is 12.8 Å². The van der Waals surface area contributed by atoms with E-state index in [-0.39, 0.29) is 0 Å². The summed E-state index contributed by atoms with van der Waals surface area (Å²) in [6, 6.07) is 7.99. The molecule has 0 N–H and O–H groups in total. The molecule has 3 nitrogen and oxygen atoms in total. The third kappa shape index (κ3) is 5.11. The summed E-state index contributed by atoms with van der Waals surface area (Å²) in [5, 5.41) is 4.33. The third-order valence-electron chi connectivity index (χ3n) is 3.36. The lowest BCUT2D eigenvalue weighted by Crippen LogP contribution is -2.30. The Hall–Kier alpha value is -1.22. The van der Waals surface area contributed by atoms with Crippen molar-refractivity contribution in [2.24, 2.45) is 0 Å². The maximum atomic E-state index is 5.94. The molecule has 0 atom stereocenters. The van der Waals surface area contributed by atoms with Gasteiger partial charge in [-0.05, 0) is 43.5 Å². The predicted molar refractivity (Wildman–Crippen MR) is 77.0 cm³/mol. The number of benzene rings is 1. The Morgan fingerprint density at radius 1 is 1.05 bits per heavy atom. The molecule has 1 radical (unpaired) electrons. The van der Waals surface area contributed by atoms with Gasteiger partial charge in [0.1, 0.15) is 17.6 Å². The molecular formula is C16H24NO2. The van der Waals surface area contributed by atoms with Crippen molar-refractivity contribution in [2.75, 3.05) is 19.7 Å². The predicted octanol–water partition coefficient (Wildman–Crippen LogP) is 3.40. The van der Waals surface area contributed by atoms with E-state index in [9.17, 15) is 0 Å². The zero-order chi connectivity index (χ0) is 13.3. The highest BCUT2D eigenvalue weighted by molar-refractivity contribution is 5.31. The van der Waals surface area contributed by atoms with Crippen LogP contribution in [0.1, 0.15) is 39.0 Å². The molecule has 1 aromatic rings. The van der Waals surface area contributed by atoms with Crippen molar-refractivity contribution < 1.29 is 9.47 Å². The fourth-order valence-corrected chi connectivity index (χ4v) is 2.19. The van der Waals surface area contributed by atoms with Gasteiger partial charge in [0.15, 0.2) is 0 Å². The standard InChI is InChI=1S/C16H24NO2/c1-2-3-4-13-18-14-5-7-15(8-6-14)19-16-9-11-17-12-10-16/h5-8,16H,2-4,9-13H2,1H3. The quantitative estimate of drug-likeness (QED) is 0.705. The molecule has 1 heterocycles. The van der Waals surface area contributed by atoms with Gasteiger partial charge in [0.05, 0.1) is 6.61 Å². The van der Waals surface area contributed by atoms with Crippen LogP contribution in [0.3, 0.4) is 0 Å². The van der Waals surface area contributed by atoms with E-state index in [0.29, 0.717) is 6.10 Å². The van der Waals surface area contributed by atoms with Crippen molar-refractivity contribution in [1.82, 2.24) is 5.32 Å². The number of hydrogen-bond acceptors (Lipinski definition) is 2. The first-order valence-electron chi connectivity index (χ1n) is 7.41. The Labute approximate surface area is 116 Å². The van der Waals surface area contributed by atoms with Crippen molar-refractivity contribution in [2.45, 2.75) is 45.1 Å². The Bertz CT molecular complexity index is 344. The van der Waals surface area contributed by atoms with Crippen molar-refractivity contribution >= 4 is 0 Å². The van der Waals surface area contributed by atoms with Crippen molar-refractivity contribution in [3.63, 3.8) is 0 Å². The maximum absolute atomic E-state index is 5.94. The highest BCUT2D eigenvalue weighted by Crippen LogP contribution is 2.21. The Balaban J connectivity index is 1.74. The molecule has 0 saturated carbocycles. The molecule has 1 aliphatic heterocycles. The lowest BCUT2D eigenvalue weighted by Gasteiger charge is -2.22. The third-order valence-corrected chi connectivity index (χ3v) is 3.36. The van der Waals surface area contributed by atoms with Crippen LogP contribution in [-0.2, 0) is 0 Å². The zero-order valence-corrected chi connectivity index (χ0v) is 11.8. The molecule has 19 heavy (non-hydrogen) atoms. The van der Waals surface area contributed by atoms with Gasteiger partial charge < -0.3 is 9.47 Å². The maximum Gasteiger partial charge on any atom is 0.119 e. The molecule has 0 spiro atoms. The van der Waals surface area contributed by atoms with E-state index in [1.54, 1.807) is 0 Å². The summed E-state index contributed by atoms with van der Waals surface area (Å²) < 4.78 is 11.6. The van der Waals surface area contributed by atoms with Crippen LogP contribution in [0.5, 0.6) is 11.5 Å². The van der Waals surface area contributed by atoms with Gasteiger partial charge in [-0.15, -0.1) is 0 Å². The lowest BCUT2D eigenvalue weighted by molar-refractivity contribution is 0.161. The van der Waals surface area contributed by atoms with Gasteiger partial charge >= 0.3 is 0 Å². The minimum atomic E-state index is 0.328. The first kappa shape index (κ1) is 14.2. The van der Waals surface area contributed by atoms with Gasteiger partial charge in [-0.25, -0.2) is 5.32 Å². The number of unbranched alkanes of at least 4 members (excludes halogenated alkanes) is 2. The van der Waals surface area contributed by atoms with Crippen LogP contribution >= 0.6 is 0 Å². The average Bonchev–Trinajstić information content (AvgIpc) is 2.46. The Kier molecular flexibility index (Phi) is 6.02. The monoisotopic (exact) mass is 262 g/mol. The van der Waals surface area contributed by atoms with Crippen LogP contribution in [0.2, 0.25) is 0 Å². The second-order valence-electron chi connectivity index (χ2n) is 5.02. The van der Waals surface area contributed by atoms with Crippen molar-refractivity contribution in [3.05, 3.63) is 24.3 Å². The van der Waals surface area contributed by atoms with Gasteiger partial charge in [-0.3, -0.25) is 0 Å². The lowest BCUT2D eigenvalue weighted by atomic mass is 10.1. The van der Waals surface area contributed by atoms with E-state index >= 15 is 0 Å². The van der Waals surface area contributed by atoms with E-state index in [1.807, 2.05) is 24.3 Å². The first-order chi connectivity index (χ1) is 9.38. The minimum Gasteiger partial charge on any atom is -0.494 e. The molecule has 0 aromatic heterocycles. The van der Waals surface area contributed by atoms with Gasteiger partial charge in [0.2, 0.25) is 0 Å². The summed E-state index contributed by atoms with van der Waals surface area (Å²) in [7, 11) is 0. The summed E-state index contributed by atoms with van der Waals surface area (Å²) in [5.74, 6) is 1.87. The molecular weight excluding hydrogens is 238 g/mol. The first-order valence-corrected chi connectivity index (χ1v) is 7.41. The number of nitrogens with zero attached hydrogens (tertiary/aromatic N) is 1. The zero-order valence-electron chi connectivity index (χ0n) is 11.8. The summed E-state index contributed by atoms with van der Waals surface area (Å²) in [5.41, 5.74) is 0. The summed E-state index contributed by atoms with van der Waals surface area (Å²) in [6.45, 7) is 4.87. The summed E-state index contributed by atoms with van der Waals surface area (Å²) >= 11 is 0. The van der Waals surface area contributed by atoms with Gasteiger partial charge in [0.25, 0.3) is 0 Å². The van der Waals surface area contributed by atoms with Crippen LogP contribution < -0.4 is 14.8 Å². The van der Waals surface area contributed by atoms with E-state index in [0.717, 1.165) is 50.5 Å². The molecule has 0 amide bonds. The molecule has 1 fully saturated rings. The molecule has 1 aliphatic rings. The molecule has 1 aromatic carbocycles. The SMILES string of the molecule is CCCCCOc1ccc(OC2CC[N]CC2)cc1. The van der Waals surface area contributed by atoms with Crippen LogP contribution in [0.25, 0.3) is 0 Å². The number of piperidine rings is 1. The Morgan fingerprint density at radius 3 is 2.42 bits per heavy atom. The minimum absolute atomic E-state index is 0.328. The fraction of sp³-hybridized carbons (Fsp3) is 0.625. The van der Waals surface area contributed by atoms with Crippen molar-refractivity contribution in [3.8, 4) is 11.5 Å². The summed E-state index contributed by atoms with van der Waals surface area (Å²) in [6.07, 6.45) is 5.98. The fourth-order valence-electron chi connectivity index (χ4n) is 2.19. The average molecular weight is 262 g/mol. The van der Waals surface area contributed by atoms with Gasteiger partial charge in [-0.1, -0.05) is 19.8 Å². The van der Waals surface area contributed by atoms with Crippen LogP contribution in [0, 0.1) is 0 Å². The molecule has 1 saturated heterocycles. The highest BCUT2D eigenvalue weighted by atomic mass is 16.5. The molecule has 2 rings (SSSR count). The molecule has 0 aliphatic carbocycles. The summed E-state index contributed by atoms with van der Waals surface area (Å²) in [4.78, 5) is 0. The number of ether oxygens (including phenoxy) is 2. The van der Waals surface area contributed by atoms with Gasteiger partial charge in [0, 0.05) is 13.1 Å². The highest BCUT2D eigenvalue weighted by Gasteiger charge is 2.14. The second-order valence-corrected chi connectivity index (χ2v) is 5.02. The topological polar surface area (TPSA) is 32.6 Å². The van der Waals surface area contributed by atoms with Gasteiger partial charge in [-0.2, -0.15) is 0 Å². The smallest absolute Gasteiger partial charge is 0.119 e. The second kappa shape index (κ2) is 8.05. The molecule has 105 valence electrons. The number of hydrogen-bond donors (Lipinski definition) is 0. The van der Waals surface area contributed by atoms with Crippen LogP contribution in [-0.4, -0.2) is 25.8 Å². The molecule has 0 bridgehead atoms. The normalized spacial score (nSPS) is 16.3.